The van der Waals surface area contributed by atoms with Crippen LogP contribution in [0.2, 0.25) is 0 Å². The molecule has 0 radical (unpaired) electrons. The van der Waals surface area contributed by atoms with Crippen molar-refractivity contribution >= 4 is 6.02 Å². The molecule has 1 heterocycles. The molecule has 0 aromatic carbocycles. The molecule has 0 saturated heterocycles. The fraction of sp³-hybridized carbons (Fsp3) is 0.400. The second kappa shape index (κ2) is 4.63. The molecular formula is C10H16N3O2+. The van der Waals surface area contributed by atoms with Gasteiger partial charge in [0.2, 0.25) is 0 Å². The predicted octanol–water partition coefficient (Wildman–Crippen LogP) is -0.567. The molecule has 0 fully saturated rings. The number of amidine groups is 1. The Morgan fingerprint density at radius 3 is 2.73 bits per heavy atom. The molecule has 0 unspecified atom stereocenters. The molecule has 5 nitrogen and oxygen atoms in total. The van der Waals surface area contributed by atoms with Crippen LogP contribution in [0.3, 0.4) is 0 Å². The molecule has 1 aromatic heterocycles. The van der Waals surface area contributed by atoms with Gasteiger partial charge in [-0.05, 0) is 13.0 Å². The summed E-state index contributed by atoms with van der Waals surface area (Å²) >= 11 is 0. The van der Waals surface area contributed by atoms with E-state index >= 15 is 0 Å². The first-order chi connectivity index (χ1) is 7.06. The Kier molecular flexibility index (Phi) is 3.49. The monoisotopic (exact) mass is 210 g/mol. The third-order valence-corrected chi connectivity index (χ3v) is 1.91. The average molecular weight is 210 g/mol. The zero-order valence-electron chi connectivity index (χ0n) is 9.44. The van der Waals surface area contributed by atoms with Crippen LogP contribution in [0.1, 0.15) is 5.56 Å². The van der Waals surface area contributed by atoms with Crippen molar-refractivity contribution in [2.45, 2.75) is 6.92 Å². The van der Waals surface area contributed by atoms with E-state index in [0.29, 0.717) is 11.6 Å². The van der Waals surface area contributed by atoms with E-state index in [-0.39, 0.29) is 5.56 Å². The Hall–Kier alpha value is -1.78. The van der Waals surface area contributed by atoms with Gasteiger partial charge in [0.1, 0.15) is 0 Å². The van der Waals surface area contributed by atoms with Gasteiger partial charge in [-0.3, -0.25) is 9.63 Å². The van der Waals surface area contributed by atoms with E-state index in [2.05, 4.69) is 5.32 Å². The van der Waals surface area contributed by atoms with E-state index < -0.39 is 0 Å². The molecule has 5 heteroatoms. The van der Waals surface area contributed by atoms with Crippen molar-refractivity contribution in [3.05, 3.63) is 34.2 Å². The summed E-state index contributed by atoms with van der Waals surface area (Å²) in [6.45, 7) is 1.75. The molecule has 82 valence electrons. The quantitative estimate of drug-likeness (QED) is 0.384. The Bertz CT molecular complexity index is 431. The summed E-state index contributed by atoms with van der Waals surface area (Å²) < 4.78 is 2.94. The molecule has 1 aromatic rings. The van der Waals surface area contributed by atoms with Crippen molar-refractivity contribution < 1.29 is 9.41 Å². The summed E-state index contributed by atoms with van der Waals surface area (Å²) in [5.74, 6) is 0. The summed E-state index contributed by atoms with van der Waals surface area (Å²) in [5, 5.41) is 2.86. The normalized spacial score (nSPS) is 9.60. The second-order valence-electron chi connectivity index (χ2n) is 3.36. The SMILES string of the molecule is CNC(On1cccc(C)c1=O)=[N+](C)C. The van der Waals surface area contributed by atoms with Crippen LogP contribution >= 0.6 is 0 Å². The largest absolute Gasteiger partial charge is 0.468 e. The second-order valence-corrected chi connectivity index (χ2v) is 3.36. The van der Waals surface area contributed by atoms with Gasteiger partial charge in [0.25, 0.3) is 5.56 Å². The Labute approximate surface area is 88.6 Å². The highest BCUT2D eigenvalue weighted by molar-refractivity contribution is 5.67. The standard InChI is InChI=1S/C10H15N3O2/c1-8-6-5-7-13(9(8)14)15-10(11-2)12(3)4/h5-7H,1-4H3/p+1. The maximum atomic E-state index is 11.6. The predicted molar refractivity (Wildman–Crippen MR) is 58.2 cm³/mol. The fourth-order valence-corrected chi connectivity index (χ4v) is 1.09. The topological polar surface area (TPSA) is 46.3 Å². The van der Waals surface area contributed by atoms with Crippen LogP contribution in [0.15, 0.2) is 23.1 Å². The summed E-state index contributed by atoms with van der Waals surface area (Å²) in [7, 11) is 5.38. The minimum absolute atomic E-state index is 0.160. The molecule has 1 rings (SSSR count). The number of pyridine rings is 1. The van der Waals surface area contributed by atoms with E-state index in [1.54, 1.807) is 36.9 Å². The van der Waals surface area contributed by atoms with Crippen LogP contribution in [0.25, 0.3) is 0 Å². The molecule has 0 aliphatic heterocycles. The summed E-state index contributed by atoms with van der Waals surface area (Å²) in [6.07, 6.45) is 1.58. The van der Waals surface area contributed by atoms with Crippen LogP contribution < -0.4 is 15.7 Å². The molecule has 0 bridgehead atoms. The molecule has 1 N–H and O–H groups in total. The van der Waals surface area contributed by atoms with Crippen LogP contribution in [0, 0.1) is 6.92 Å². The molecule has 0 aliphatic rings. The minimum Gasteiger partial charge on any atom is -0.295 e. The Morgan fingerprint density at radius 2 is 2.20 bits per heavy atom. The van der Waals surface area contributed by atoms with Gasteiger partial charge in [-0.25, -0.2) is 9.89 Å². The van der Waals surface area contributed by atoms with Gasteiger partial charge in [-0.1, -0.05) is 6.07 Å². The lowest BCUT2D eigenvalue weighted by atomic mass is 10.3. The minimum atomic E-state index is -0.160. The lowest BCUT2D eigenvalue weighted by molar-refractivity contribution is -0.476. The number of rotatable bonds is 1. The van der Waals surface area contributed by atoms with Crippen molar-refractivity contribution in [1.82, 2.24) is 10.0 Å². The number of hydrogen-bond acceptors (Lipinski definition) is 2. The van der Waals surface area contributed by atoms with Crippen molar-refractivity contribution in [2.24, 2.45) is 0 Å². The third kappa shape index (κ3) is 2.59. The lowest BCUT2D eigenvalue weighted by Crippen LogP contribution is -2.41. The maximum absolute atomic E-state index is 11.6. The van der Waals surface area contributed by atoms with Crippen LogP contribution in [0.4, 0.5) is 0 Å². The first kappa shape index (κ1) is 11.3. The van der Waals surface area contributed by atoms with E-state index in [0.717, 1.165) is 0 Å². The van der Waals surface area contributed by atoms with Crippen LogP contribution in [0.5, 0.6) is 0 Å². The van der Waals surface area contributed by atoms with E-state index in [4.69, 9.17) is 4.84 Å². The first-order valence-corrected chi connectivity index (χ1v) is 4.65. The number of nitrogens with one attached hydrogen (secondary N) is 1. The fourth-order valence-electron chi connectivity index (χ4n) is 1.09. The van der Waals surface area contributed by atoms with E-state index in [9.17, 15) is 4.79 Å². The van der Waals surface area contributed by atoms with Crippen molar-refractivity contribution in [2.75, 3.05) is 21.1 Å². The van der Waals surface area contributed by atoms with Crippen LogP contribution in [-0.4, -0.2) is 36.5 Å². The Balaban J connectivity index is 3.05. The molecule has 0 aliphatic carbocycles. The third-order valence-electron chi connectivity index (χ3n) is 1.91. The molecule has 0 amide bonds. The number of aromatic nitrogens is 1. The number of aryl methyl sites for hydroxylation is 1. The van der Waals surface area contributed by atoms with Gasteiger partial charge in [-0.2, -0.15) is 0 Å². The first-order valence-electron chi connectivity index (χ1n) is 4.65. The van der Waals surface area contributed by atoms with E-state index in [1.165, 1.54) is 4.73 Å². The van der Waals surface area contributed by atoms with Gasteiger partial charge >= 0.3 is 6.02 Å². The molecule has 0 atom stereocenters. The van der Waals surface area contributed by atoms with Crippen LogP contribution in [-0.2, 0) is 0 Å². The number of hydrogen-bond donors (Lipinski definition) is 1. The smallest absolute Gasteiger partial charge is 0.295 e. The number of nitrogens with zero attached hydrogens (tertiary/aromatic N) is 2. The summed E-state index contributed by atoms with van der Waals surface area (Å²) in [6, 6.07) is 4.01. The highest BCUT2D eigenvalue weighted by Gasteiger charge is 2.09. The summed E-state index contributed by atoms with van der Waals surface area (Å²) in [4.78, 5) is 17.0. The Morgan fingerprint density at radius 1 is 1.53 bits per heavy atom. The zero-order chi connectivity index (χ0) is 11.4. The van der Waals surface area contributed by atoms with Gasteiger partial charge in [0.15, 0.2) is 0 Å². The van der Waals surface area contributed by atoms with Gasteiger partial charge in [0.05, 0.1) is 21.1 Å². The molecule has 15 heavy (non-hydrogen) atoms. The summed E-state index contributed by atoms with van der Waals surface area (Å²) in [5.41, 5.74) is 0.485. The van der Waals surface area contributed by atoms with Gasteiger partial charge in [0, 0.05) is 11.8 Å². The highest BCUT2D eigenvalue weighted by atomic mass is 16.7. The highest BCUT2D eigenvalue weighted by Crippen LogP contribution is 1.86. The molecule has 0 spiro atoms. The van der Waals surface area contributed by atoms with Gasteiger partial charge < -0.3 is 0 Å². The van der Waals surface area contributed by atoms with Crippen molar-refractivity contribution in [3.8, 4) is 0 Å². The molecular weight excluding hydrogens is 194 g/mol. The molecule has 0 saturated carbocycles. The maximum Gasteiger partial charge on any atom is 0.468 e. The van der Waals surface area contributed by atoms with E-state index in [1.807, 2.05) is 14.1 Å². The average Bonchev–Trinajstić information content (AvgIpc) is 2.19. The lowest BCUT2D eigenvalue weighted by Gasteiger charge is -2.06. The van der Waals surface area contributed by atoms with Crippen molar-refractivity contribution in [3.63, 3.8) is 0 Å². The van der Waals surface area contributed by atoms with Crippen molar-refractivity contribution in [1.29, 1.82) is 0 Å². The zero-order valence-corrected chi connectivity index (χ0v) is 9.44. The van der Waals surface area contributed by atoms with Gasteiger partial charge in [-0.15, -0.1) is 4.73 Å².